The van der Waals surface area contributed by atoms with E-state index in [1.165, 1.54) is 22.8 Å². The van der Waals surface area contributed by atoms with Crippen molar-refractivity contribution < 1.29 is 17.9 Å². The molecule has 0 saturated carbocycles. The topological polar surface area (TPSA) is 27.1 Å². The van der Waals surface area contributed by atoms with Gasteiger partial charge in [-0.05, 0) is 19.0 Å². The summed E-state index contributed by atoms with van der Waals surface area (Å²) in [6.07, 6.45) is -4.38. The zero-order valence-corrected chi connectivity index (χ0v) is 15.0. The normalized spacial score (nSPS) is 12.9. The SMILES string of the molecule is CC[Si](CC)(CC)CCOCCn1nc(C(F)(F)F)cc1C. The van der Waals surface area contributed by atoms with E-state index in [-0.39, 0.29) is 0 Å². The fourth-order valence-corrected chi connectivity index (χ4v) is 5.84. The van der Waals surface area contributed by atoms with Crippen LogP contribution in [0.15, 0.2) is 6.07 Å². The van der Waals surface area contributed by atoms with E-state index in [1.54, 1.807) is 6.92 Å². The van der Waals surface area contributed by atoms with E-state index in [0.717, 1.165) is 12.1 Å². The van der Waals surface area contributed by atoms with E-state index < -0.39 is 19.9 Å². The third kappa shape index (κ3) is 5.12. The van der Waals surface area contributed by atoms with Gasteiger partial charge in [0.05, 0.1) is 21.2 Å². The average molecular weight is 336 g/mol. The van der Waals surface area contributed by atoms with Crippen LogP contribution >= 0.6 is 0 Å². The Bertz CT molecular complexity index is 448. The van der Waals surface area contributed by atoms with Crippen LogP contribution in [0.5, 0.6) is 0 Å². The predicted molar refractivity (Wildman–Crippen MR) is 84.8 cm³/mol. The van der Waals surface area contributed by atoms with Crippen LogP contribution in [-0.2, 0) is 17.5 Å². The van der Waals surface area contributed by atoms with Gasteiger partial charge in [0.15, 0.2) is 5.69 Å². The quantitative estimate of drug-likeness (QED) is 0.481. The lowest BCUT2D eigenvalue weighted by atomic mass is 10.4. The summed E-state index contributed by atoms with van der Waals surface area (Å²) in [4.78, 5) is 0. The lowest BCUT2D eigenvalue weighted by Gasteiger charge is -2.27. The molecule has 128 valence electrons. The van der Waals surface area contributed by atoms with Crippen LogP contribution in [-0.4, -0.2) is 31.1 Å². The second-order valence-corrected chi connectivity index (χ2v) is 11.4. The zero-order valence-electron chi connectivity index (χ0n) is 14.0. The highest BCUT2D eigenvalue weighted by atomic mass is 28.3. The third-order valence-corrected chi connectivity index (χ3v) is 10.5. The fraction of sp³-hybridized carbons (Fsp3) is 0.800. The Kier molecular flexibility index (Phi) is 7.12. The van der Waals surface area contributed by atoms with Crippen molar-refractivity contribution in [2.24, 2.45) is 0 Å². The maximum absolute atomic E-state index is 12.6. The van der Waals surface area contributed by atoms with Crippen molar-refractivity contribution in [3.63, 3.8) is 0 Å². The summed E-state index contributed by atoms with van der Waals surface area (Å²) < 4.78 is 44.7. The Morgan fingerprint density at radius 2 is 1.73 bits per heavy atom. The summed E-state index contributed by atoms with van der Waals surface area (Å²) in [7, 11) is -1.17. The van der Waals surface area contributed by atoms with Gasteiger partial charge in [-0.1, -0.05) is 38.9 Å². The molecule has 1 aromatic heterocycles. The highest BCUT2D eigenvalue weighted by Gasteiger charge is 2.34. The average Bonchev–Trinajstić information content (AvgIpc) is 2.85. The molecular formula is C15H27F3N2OSi. The molecule has 0 aromatic carbocycles. The van der Waals surface area contributed by atoms with Gasteiger partial charge in [0.1, 0.15) is 0 Å². The Hall–Kier alpha value is -0.823. The van der Waals surface area contributed by atoms with E-state index in [2.05, 4.69) is 25.9 Å². The van der Waals surface area contributed by atoms with Crippen LogP contribution in [0.25, 0.3) is 0 Å². The van der Waals surface area contributed by atoms with Gasteiger partial charge in [0.25, 0.3) is 0 Å². The first kappa shape index (κ1) is 19.2. The molecule has 7 heteroatoms. The zero-order chi connectivity index (χ0) is 16.8. The molecule has 1 heterocycles. The van der Waals surface area contributed by atoms with Gasteiger partial charge in [-0.3, -0.25) is 4.68 Å². The lowest BCUT2D eigenvalue weighted by molar-refractivity contribution is -0.141. The van der Waals surface area contributed by atoms with E-state index in [9.17, 15) is 13.2 Å². The van der Waals surface area contributed by atoms with Crippen molar-refractivity contribution in [2.45, 2.75) is 64.6 Å². The summed E-state index contributed by atoms with van der Waals surface area (Å²) in [5, 5.41) is 3.60. The Balaban J connectivity index is 2.41. The highest BCUT2D eigenvalue weighted by Crippen LogP contribution is 2.28. The molecule has 1 aromatic rings. The Labute approximate surface area is 131 Å². The van der Waals surface area contributed by atoms with Crippen molar-refractivity contribution in [1.82, 2.24) is 9.78 Å². The minimum atomic E-state index is -4.38. The monoisotopic (exact) mass is 336 g/mol. The van der Waals surface area contributed by atoms with Gasteiger partial charge in [-0.2, -0.15) is 18.3 Å². The first-order valence-electron chi connectivity index (χ1n) is 7.97. The van der Waals surface area contributed by atoms with E-state index >= 15 is 0 Å². The van der Waals surface area contributed by atoms with Gasteiger partial charge in [0.2, 0.25) is 0 Å². The van der Waals surface area contributed by atoms with Crippen LogP contribution in [0, 0.1) is 6.92 Å². The molecule has 3 nitrogen and oxygen atoms in total. The molecule has 1 rings (SSSR count). The molecule has 0 N–H and O–H groups in total. The summed E-state index contributed by atoms with van der Waals surface area (Å²) in [5.74, 6) is 0. The molecule has 0 radical (unpaired) electrons. The first-order valence-corrected chi connectivity index (χ1v) is 10.8. The van der Waals surface area contributed by atoms with E-state index in [4.69, 9.17) is 4.74 Å². The predicted octanol–water partition coefficient (Wildman–Crippen LogP) is 4.74. The summed E-state index contributed by atoms with van der Waals surface area (Å²) in [6.45, 7) is 9.86. The van der Waals surface area contributed by atoms with Crippen molar-refractivity contribution in [3.8, 4) is 0 Å². The molecule has 0 aliphatic heterocycles. The Morgan fingerprint density at radius 3 is 2.18 bits per heavy atom. The highest BCUT2D eigenvalue weighted by molar-refractivity contribution is 6.79. The lowest BCUT2D eigenvalue weighted by Crippen LogP contribution is -2.32. The smallest absolute Gasteiger partial charge is 0.380 e. The number of alkyl halides is 3. The van der Waals surface area contributed by atoms with Gasteiger partial charge < -0.3 is 4.74 Å². The van der Waals surface area contributed by atoms with Crippen molar-refractivity contribution in [2.75, 3.05) is 13.2 Å². The minimum Gasteiger partial charge on any atom is -0.380 e. The van der Waals surface area contributed by atoms with Crippen molar-refractivity contribution >= 4 is 8.07 Å². The van der Waals surface area contributed by atoms with E-state index in [0.29, 0.717) is 25.5 Å². The summed E-state index contributed by atoms with van der Waals surface area (Å²) >= 11 is 0. The number of aryl methyl sites for hydroxylation is 1. The molecular weight excluding hydrogens is 309 g/mol. The molecule has 0 aliphatic carbocycles. The number of rotatable bonds is 9. The molecule has 0 atom stereocenters. The molecule has 0 spiro atoms. The van der Waals surface area contributed by atoms with Gasteiger partial charge >= 0.3 is 6.18 Å². The standard InChI is InChI=1S/C15H27F3N2OSi/c1-5-22(6-2,7-3)11-10-21-9-8-20-13(4)12-14(19-20)15(16,17)18/h12H,5-11H2,1-4H3. The maximum atomic E-state index is 12.6. The second-order valence-electron chi connectivity index (χ2n) is 5.81. The minimum absolute atomic E-state index is 0.362. The van der Waals surface area contributed by atoms with E-state index in [1.807, 2.05) is 0 Å². The molecule has 0 fully saturated rings. The van der Waals surface area contributed by atoms with Gasteiger partial charge in [0, 0.05) is 12.3 Å². The van der Waals surface area contributed by atoms with Crippen LogP contribution in [0.4, 0.5) is 13.2 Å². The molecule has 0 unspecified atom stereocenters. The largest absolute Gasteiger partial charge is 0.435 e. The van der Waals surface area contributed by atoms with Gasteiger partial charge in [-0.15, -0.1) is 0 Å². The van der Waals surface area contributed by atoms with Crippen LogP contribution < -0.4 is 0 Å². The van der Waals surface area contributed by atoms with Gasteiger partial charge in [-0.25, -0.2) is 0 Å². The second kappa shape index (κ2) is 8.15. The molecule has 0 saturated heterocycles. The summed E-state index contributed by atoms with van der Waals surface area (Å²) in [6, 6.07) is 5.98. The fourth-order valence-electron chi connectivity index (χ4n) is 2.70. The Morgan fingerprint density at radius 1 is 1.14 bits per heavy atom. The van der Waals surface area contributed by atoms with Crippen LogP contribution in [0.2, 0.25) is 24.2 Å². The third-order valence-electron chi connectivity index (χ3n) is 4.75. The molecule has 22 heavy (non-hydrogen) atoms. The molecule has 0 amide bonds. The van der Waals surface area contributed by atoms with Crippen molar-refractivity contribution in [1.29, 1.82) is 0 Å². The molecule has 0 aliphatic rings. The number of nitrogens with zero attached hydrogens (tertiary/aromatic N) is 2. The van der Waals surface area contributed by atoms with Crippen LogP contribution in [0.1, 0.15) is 32.2 Å². The first-order chi connectivity index (χ1) is 10.3. The van der Waals surface area contributed by atoms with Crippen molar-refractivity contribution in [3.05, 3.63) is 17.5 Å². The number of hydrogen-bond donors (Lipinski definition) is 0. The number of ether oxygens (including phenoxy) is 1. The maximum Gasteiger partial charge on any atom is 0.435 e. The number of hydrogen-bond acceptors (Lipinski definition) is 2. The van der Waals surface area contributed by atoms with Crippen LogP contribution in [0.3, 0.4) is 0 Å². The number of aromatic nitrogens is 2. The molecule has 0 bridgehead atoms. The summed E-state index contributed by atoms with van der Waals surface area (Å²) in [5.41, 5.74) is -0.324. The number of halogens is 3.